The lowest BCUT2D eigenvalue weighted by atomic mass is 10.0. The first-order valence-corrected chi connectivity index (χ1v) is 6.25. The van der Waals surface area contributed by atoms with E-state index in [-0.39, 0.29) is 5.91 Å². The maximum Gasteiger partial charge on any atom is 0.251 e. The Kier molecular flexibility index (Phi) is 3.36. The largest absolute Gasteiger partial charge is 0.398 e. The van der Waals surface area contributed by atoms with Crippen LogP contribution in [0.2, 0.25) is 0 Å². The van der Waals surface area contributed by atoms with E-state index < -0.39 is 0 Å². The molecule has 1 saturated carbocycles. The number of carbonyl (C=O) groups is 1. The molecular weight excluding hydrogens is 212 g/mol. The number of rotatable bonds is 2. The minimum Gasteiger partial charge on any atom is -0.398 e. The molecule has 0 aliphatic heterocycles. The first kappa shape index (κ1) is 12.0. The van der Waals surface area contributed by atoms with Crippen LogP contribution < -0.4 is 11.1 Å². The fraction of sp³-hybridized carbons (Fsp3) is 0.500. The van der Waals surface area contributed by atoms with Crippen molar-refractivity contribution in [1.29, 1.82) is 0 Å². The molecular formula is C14H20N2O. The Morgan fingerprint density at radius 2 is 1.88 bits per heavy atom. The van der Waals surface area contributed by atoms with Crippen molar-refractivity contribution < 1.29 is 4.79 Å². The molecule has 0 heterocycles. The Balaban J connectivity index is 2.15. The number of aryl methyl sites for hydroxylation is 2. The van der Waals surface area contributed by atoms with Crippen LogP contribution in [0.3, 0.4) is 0 Å². The zero-order chi connectivity index (χ0) is 12.4. The molecule has 3 nitrogen and oxygen atoms in total. The Morgan fingerprint density at radius 3 is 2.53 bits per heavy atom. The standard InChI is InChI=1S/C14H20N2O/c1-9-7-10(2)13(15)8-12(9)14(17)16-11-5-3-4-6-11/h7-8,11H,3-6,15H2,1-2H3,(H,16,17). The fourth-order valence-electron chi connectivity index (χ4n) is 2.45. The summed E-state index contributed by atoms with van der Waals surface area (Å²) in [6.45, 7) is 3.91. The molecule has 3 N–H and O–H groups in total. The summed E-state index contributed by atoms with van der Waals surface area (Å²) in [6, 6.07) is 4.11. The summed E-state index contributed by atoms with van der Waals surface area (Å²) in [7, 11) is 0. The van der Waals surface area contributed by atoms with Crippen molar-refractivity contribution in [3.63, 3.8) is 0 Å². The number of hydrogen-bond acceptors (Lipinski definition) is 2. The van der Waals surface area contributed by atoms with Crippen molar-refractivity contribution in [3.8, 4) is 0 Å². The third-order valence-corrected chi connectivity index (χ3v) is 3.55. The van der Waals surface area contributed by atoms with Crippen molar-refractivity contribution in [2.75, 3.05) is 5.73 Å². The maximum absolute atomic E-state index is 12.1. The second-order valence-corrected chi connectivity index (χ2v) is 4.98. The topological polar surface area (TPSA) is 55.1 Å². The van der Waals surface area contributed by atoms with E-state index in [1.807, 2.05) is 19.9 Å². The Labute approximate surface area is 102 Å². The molecule has 3 heteroatoms. The quantitative estimate of drug-likeness (QED) is 0.770. The van der Waals surface area contributed by atoms with Gasteiger partial charge in [0.1, 0.15) is 0 Å². The molecule has 17 heavy (non-hydrogen) atoms. The van der Waals surface area contributed by atoms with Crippen molar-refractivity contribution in [3.05, 3.63) is 28.8 Å². The van der Waals surface area contributed by atoms with Gasteiger partial charge in [0.2, 0.25) is 0 Å². The second kappa shape index (κ2) is 4.78. The number of anilines is 1. The van der Waals surface area contributed by atoms with Crippen LogP contribution in [0.1, 0.15) is 47.2 Å². The summed E-state index contributed by atoms with van der Waals surface area (Å²) in [5.41, 5.74) is 9.27. The molecule has 0 bridgehead atoms. The number of nitrogens with one attached hydrogen (secondary N) is 1. The van der Waals surface area contributed by atoms with Crippen LogP contribution in [-0.2, 0) is 0 Å². The van der Waals surface area contributed by atoms with Crippen molar-refractivity contribution >= 4 is 11.6 Å². The van der Waals surface area contributed by atoms with Crippen LogP contribution in [0.5, 0.6) is 0 Å². The van der Waals surface area contributed by atoms with Crippen LogP contribution in [-0.4, -0.2) is 11.9 Å². The van der Waals surface area contributed by atoms with Gasteiger partial charge in [-0.3, -0.25) is 4.79 Å². The number of carbonyl (C=O) groups excluding carboxylic acids is 1. The minimum atomic E-state index is 0.0149. The highest BCUT2D eigenvalue weighted by atomic mass is 16.1. The van der Waals surface area contributed by atoms with Gasteiger partial charge in [0, 0.05) is 17.3 Å². The molecule has 1 amide bonds. The zero-order valence-electron chi connectivity index (χ0n) is 10.5. The van der Waals surface area contributed by atoms with Gasteiger partial charge >= 0.3 is 0 Å². The van der Waals surface area contributed by atoms with Crippen LogP contribution in [0.25, 0.3) is 0 Å². The lowest BCUT2D eigenvalue weighted by Crippen LogP contribution is -2.33. The van der Waals surface area contributed by atoms with Crippen LogP contribution in [0, 0.1) is 13.8 Å². The molecule has 0 spiro atoms. The number of benzene rings is 1. The lowest BCUT2D eigenvalue weighted by molar-refractivity contribution is 0.0937. The monoisotopic (exact) mass is 232 g/mol. The molecule has 0 unspecified atom stereocenters. The molecule has 1 aliphatic rings. The van der Waals surface area contributed by atoms with Gasteiger partial charge in [0.05, 0.1) is 0 Å². The number of nitrogens with two attached hydrogens (primary N) is 1. The van der Waals surface area contributed by atoms with Crippen molar-refractivity contribution in [2.24, 2.45) is 0 Å². The van der Waals surface area contributed by atoms with E-state index in [0.717, 1.165) is 24.0 Å². The van der Waals surface area contributed by atoms with E-state index in [4.69, 9.17) is 5.73 Å². The highest BCUT2D eigenvalue weighted by molar-refractivity contribution is 5.96. The predicted octanol–water partition coefficient (Wildman–Crippen LogP) is 2.56. The summed E-state index contributed by atoms with van der Waals surface area (Å²) in [4.78, 5) is 12.1. The zero-order valence-corrected chi connectivity index (χ0v) is 10.5. The summed E-state index contributed by atoms with van der Waals surface area (Å²) < 4.78 is 0. The summed E-state index contributed by atoms with van der Waals surface area (Å²) in [5, 5.41) is 3.09. The predicted molar refractivity (Wildman–Crippen MR) is 70.1 cm³/mol. The summed E-state index contributed by atoms with van der Waals surface area (Å²) in [6.07, 6.45) is 4.65. The van der Waals surface area contributed by atoms with Gasteiger partial charge in [-0.1, -0.05) is 18.9 Å². The molecule has 1 aliphatic carbocycles. The normalized spacial score (nSPS) is 16.1. The Morgan fingerprint density at radius 1 is 1.24 bits per heavy atom. The van der Waals surface area contributed by atoms with E-state index in [0.29, 0.717) is 17.3 Å². The third-order valence-electron chi connectivity index (χ3n) is 3.55. The van der Waals surface area contributed by atoms with Gasteiger partial charge in [-0.25, -0.2) is 0 Å². The third kappa shape index (κ3) is 2.60. The minimum absolute atomic E-state index is 0.0149. The number of nitrogen functional groups attached to an aromatic ring is 1. The maximum atomic E-state index is 12.1. The molecule has 2 rings (SSSR count). The SMILES string of the molecule is Cc1cc(C)c(C(=O)NC2CCCC2)cc1N. The van der Waals surface area contributed by atoms with Crippen molar-refractivity contribution in [2.45, 2.75) is 45.6 Å². The first-order valence-electron chi connectivity index (χ1n) is 6.25. The highest BCUT2D eigenvalue weighted by Crippen LogP contribution is 2.21. The number of amides is 1. The van der Waals surface area contributed by atoms with E-state index in [1.165, 1.54) is 12.8 Å². The average Bonchev–Trinajstić information content (AvgIpc) is 2.76. The highest BCUT2D eigenvalue weighted by Gasteiger charge is 2.19. The van der Waals surface area contributed by atoms with Gasteiger partial charge in [0.25, 0.3) is 5.91 Å². The second-order valence-electron chi connectivity index (χ2n) is 4.98. The summed E-state index contributed by atoms with van der Waals surface area (Å²) in [5.74, 6) is 0.0149. The first-order chi connectivity index (χ1) is 8.08. The van der Waals surface area contributed by atoms with E-state index >= 15 is 0 Å². The van der Waals surface area contributed by atoms with E-state index in [2.05, 4.69) is 5.32 Å². The molecule has 1 aromatic carbocycles. The van der Waals surface area contributed by atoms with Gasteiger partial charge in [-0.05, 0) is 43.9 Å². The Bertz CT molecular complexity index is 434. The molecule has 0 aromatic heterocycles. The van der Waals surface area contributed by atoms with Gasteiger partial charge in [-0.2, -0.15) is 0 Å². The molecule has 92 valence electrons. The lowest BCUT2D eigenvalue weighted by Gasteiger charge is -2.14. The van der Waals surface area contributed by atoms with Gasteiger partial charge < -0.3 is 11.1 Å². The Hall–Kier alpha value is -1.51. The van der Waals surface area contributed by atoms with Crippen LogP contribution in [0.4, 0.5) is 5.69 Å². The van der Waals surface area contributed by atoms with E-state index in [1.54, 1.807) is 6.07 Å². The molecule has 1 aromatic rings. The van der Waals surface area contributed by atoms with Crippen molar-refractivity contribution in [1.82, 2.24) is 5.32 Å². The fourth-order valence-corrected chi connectivity index (χ4v) is 2.45. The number of hydrogen-bond donors (Lipinski definition) is 2. The molecule has 1 fully saturated rings. The molecule has 0 atom stereocenters. The smallest absolute Gasteiger partial charge is 0.251 e. The summed E-state index contributed by atoms with van der Waals surface area (Å²) >= 11 is 0. The van der Waals surface area contributed by atoms with Gasteiger partial charge in [0.15, 0.2) is 0 Å². The van der Waals surface area contributed by atoms with E-state index in [9.17, 15) is 4.79 Å². The molecule has 0 radical (unpaired) electrons. The van der Waals surface area contributed by atoms with Gasteiger partial charge in [-0.15, -0.1) is 0 Å². The molecule has 0 saturated heterocycles. The van der Waals surface area contributed by atoms with Crippen LogP contribution in [0.15, 0.2) is 12.1 Å². The average molecular weight is 232 g/mol. The van der Waals surface area contributed by atoms with Crippen LogP contribution >= 0.6 is 0 Å².